The highest BCUT2D eigenvalue weighted by Gasteiger charge is 2.23. The van der Waals surface area contributed by atoms with Gasteiger partial charge in [-0.1, -0.05) is 24.3 Å². The number of benzene rings is 1. The van der Waals surface area contributed by atoms with Gasteiger partial charge in [0.15, 0.2) is 0 Å². The van der Waals surface area contributed by atoms with Crippen LogP contribution in [0.15, 0.2) is 36.5 Å². The summed E-state index contributed by atoms with van der Waals surface area (Å²) in [6.07, 6.45) is 3.30. The largest absolute Gasteiger partial charge is 0.398 e. The Balaban J connectivity index is 1.72. The molecule has 20 heavy (non-hydrogen) atoms. The lowest BCUT2D eigenvalue weighted by Crippen LogP contribution is -2.35. The summed E-state index contributed by atoms with van der Waals surface area (Å²) in [6, 6.07) is 10.2. The molecule has 3 rings (SSSR count). The summed E-state index contributed by atoms with van der Waals surface area (Å²) in [5.41, 5.74) is 10.2. The van der Waals surface area contributed by atoms with E-state index in [1.165, 1.54) is 11.1 Å². The lowest BCUT2D eigenvalue weighted by Gasteiger charge is -2.13. The number of pyridine rings is 1. The van der Waals surface area contributed by atoms with Crippen LogP contribution in [-0.2, 0) is 12.8 Å². The van der Waals surface area contributed by atoms with Gasteiger partial charge >= 0.3 is 0 Å². The number of aromatic nitrogens is 1. The van der Waals surface area contributed by atoms with E-state index < -0.39 is 0 Å². The van der Waals surface area contributed by atoms with Gasteiger partial charge in [0.1, 0.15) is 0 Å². The zero-order chi connectivity index (χ0) is 14.1. The summed E-state index contributed by atoms with van der Waals surface area (Å²) >= 11 is 0. The van der Waals surface area contributed by atoms with Crippen LogP contribution in [0.3, 0.4) is 0 Å². The summed E-state index contributed by atoms with van der Waals surface area (Å²) in [6.45, 7) is 1.85. The molecule has 1 amide bonds. The summed E-state index contributed by atoms with van der Waals surface area (Å²) in [5, 5.41) is 3.04. The number of nitrogens with one attached hydrogen (secondary N) is 1. The molecule has 0 radical (unpaired) electrons. The molecule has 0 unspecified atom stereocenters. The van der Waals surface area contributed by atoms with Crippen LogP contribution < -0.4 is 11.1 Å². The third kappa shape index (κ3) is 2.37. The van der Waals surface area contributed by atoms with E-state index in [0.717, 1.165) is 18.5 Å². The van der Waals surface area contributed by atoms with Gasteiger partial charge in [0, 0.05) is 23.6 Å². The maximum atomic E-state index is 12.3. The number of nitrogen functional groups attached to an aromatic ring is 1. The second kappa shape index (κ2) is 4.96. The minimum atomic E-state index is -0.146. The lowest BCUT2D eigenvalue weighted by atomic mass is 10.1. The number of fused-ring (bicyclic) bond motifs is 1. The molecule has 0 saturated heterocycles. The second-order valence-corrected chi connectivity index (χ2v) is 5.26. The van der Waals surface area contributed by atoms with Gasteiger partial charge in [0.2, 0.25) is 0 Å². The van der Waals surface area contributed by atoms with Crippen molar-refractivity contribution in [3.8, 4) is 0 Å². The van der Waals surface area contributed by atoms with Crippen LogP contribution in [0.25, 0.3) is 0 Å². The topological polar surface area (TPSA) is 68.0 Å². The molecule has 2 aromatic rings. The van der Waals surface area contributed by atoms with E-state index in [4.69, 9.17) is 5.73 Å². The molecule has 0 bridgehead atoms. The first kappa shape index (κ1) is 12.7. The van der Waals surface area contributed by atoms with Gasteiger partial charge in [-0.15, -0.1) is 0 Å². The van der Waals surface area contributed by atoms with Crippen LogP contribution in [0, 0.1) is 6.92 Å². The van der Waals surface area contributed by atoms with Crippen molar-refractivity contribution in [3.63, 3.8) is 0 Å². The normalized spacial score (nSPS) is 14.1. The number of nitrogens with zero attached hydrogens (tertiary/aromatic N) is 1. The number of amides is 1. The Morgan fingerprint density at radius 3 is 2.55 bits per heavy atom. The van der Waals surface area contributed by atoms with Gasteiger partial charge in [-0.2, -0.15) is 0 Å². The Kier molecular flexibility index (Phi) is 3.14. The highest BCUT2D eigenvalue weighted by molar-refractivity contribution is 5.99. The highest BCUT2D eigenvalue weighted by atomic mass is 16.1. The Morgan fingerprint density at radius 1 is 1.30 bits per heavy atom. The van der Waals surface area contributed by atoms with E-state index in [9.17, 15) is 4.79 Å². The first-order chi connectivity index (χ1) is 9.63. The van der Waals surface area contributed by atoms with E-state index in [0.29, 0.717) is 11.3 Å². The summed E-state index contributed by atoms with van der Waals surface area (Å²) < 4.78 is 0. The van der Waals surface area contributed by atoms with E-state index in [1.807, 2.05) is 19.1 Å². The van der Waals surface area contributed by atoms with Gasteiger partial charge in [-0.25, -0.2) is 0 Å². The molecule has 1 aromatic carbocycles. The van der Waals surface area contributed by atoms with Crippen molar-refractivity contribution in [2.75, 3.05) is 5.73 Å². The molecule has 0 aliphatic heterocycles. The number of nitrogens with two attached hydrogens (primary N) is 1. The van der Waals surface area contributed by atoms with Crippen molar-refractivity contribution in [3.05, 3.63) is 58.9 Å². The maximum Gasteiger partial charge on any atom is 0.255 e. The van der Waals surface area contributed by atoms with E-state index in [-0.39, 0.29) is 11.9 Å². The number of rotatable bonds is 2. The predicted octanol–water partition coefficient (Wildman–Crippen LogP) is 1.87. The van der Waals surface area contributed by atoms with Crippen LogP contribution in [0.5, 0.6) is 0 Å². The molecule has 4 nitrogen and oxygen atoms in total. The average Bonchev–Trinajstić information content (AvgIpc) is 2.80. The Hall–Kier alpha value is -2.36. The fraction of sp³-hybridized carbons (Fsp3) is 0.250. The van der Waals surface area contributed by atoms with Crippen LogP contribution in [0.4, 0.5) is 5.69 Å². The van der Waals surface area contributed by atoms with Crippen molar-refractivity contribution in [1.29, 1.82) is 0 Å². The molecule has 3 N–H and O–H groups in total. The van der Waals surface area contributed by atoms with Crippen molar-refractivity contribution in [2.45, 2.75) is 25.8 Å². The Morgan fingerprint density at radius 2 is 1.95 bits per heavy atom. The van der Waals surface area contributed by atoms with Gasteiger partial charge < -0.3 is 11.1 Å². The maximum absolute atomic E-state index is 12.3. The smallest absolute Gasteiger partial charge is 0.255 e. The molecular formula is C16H17N3O. The molecule has 4 heteroatoms. The zero-order valence-corrected chi connectivity index (χ0v) is 11.4. The monoisotopic (exact) mass is 267 g/mol. The molecule has 0 fully saturated rings. The zero-order valence-electron chi connectivity index (χ0n) is 11.4. The molecule has 0 spiro atoms. The number of carbonyl (C=O) groups is 1. The highest BCUT2D eigenvalue weighted by Crippen LogP contribution is 2.22. The predicted molar refractivity (Wildman–Crippen MR) is 78.5 cm³/mol. The SMILES string of the molecule is Cc1cc(N)c(C(=O)NC2Cc3ccccc3C2)cn1. The quantitative estimate of drug-likeness (QED) is 0.872. The minimum absolute atomic E-state index is 0.139. The summed E-state index contributed by atoms with van der Waals surface area (Å²) in [7, 11) is 0. The molecule has 1 heterocycles. The van der Waals surface area contributed by atoms with Crippen molar-refractivity contribution >= 4 is 11.6 Å². The number of hydrogen-bond donors (Lipinski definition) is 2. The minimum Gasteiger partial charge on any atom is -0.398 e. The van der Waals surface area contributed by atoms with Gasteiger partial charge in [-0.05, 0) is 37.0 Å². The molecule has 0 saturated carbocycles. The first-order valence-corrected chi connectivity index (χ1v) is 6.73. The Labute approximate surface area is 118 Å². The number of carbonyl (C=O) groups excluding carboxylic acids is 1. The third-order valence-electron chi connectivity index (χ3n) is 3.70. The third-order valence-corrected chi connectivity index (χ3v) is 3.70. The fourth-order valence-electron chi connectivity index (χ4n) is 2.69. The Bertz CT molecular complexity index is 642. The number of hydrogen-bond acceptors (Lipinski definition) is 3. The van der Waals surface area contributed by atoms with Crippen LogP contribution in [0.2, 0.25) is 0 Å². The first-order valence-electron chi connectivity index (χ1n) is 6.73. The van der Waals surface area contributed by atoms with Crippen molar-refractivity contribution < 1.29 is 4.79 Å². The van der Waals surface area contributed by atoms with Crippen LogP contribution in [0.1, 0.15) is 27.2 Å². The van der Waals surface area contributed by atoms with Crippen molar-refractivity contribution in [1.82, 2.24) is 10.3 Å². The molecule has 1 aliphatic rings. The number of anilines is 1. The summed E-state index contributed by atoms with van der Waals surface area (Å²) in [5.74, 6) is -0.146. The van der Waals surface area contributed by atoms with Gasteiger partial charge in [-0.3, -0.25) is 9.78 Å². The van der Waals surface area contributed by atoms with Crippen LogP contribution >= 0.6 is 0 Å². The standard InChI is InChI=1S/C16H17N3O/c1-10-6-15(17)14(9-18-10)16(20)19-13-7-11-4-2-3-5-12(11)8-13/h2-6,9,13H,7-8H2,1H3,(H2,17,18)(H,19,20). The van der Waals surface area contributed by atoms with E-state index in [2.05, 4.69) is 22.4 Å². The van der Waals surface area contributed by atoms with E-state index in [1.54, 1.807) is 12.3 Å². The summed E-state index contributed by atoms with van der Waals surface area (Å²) in [4.78, 5) is 16.4. The molecular weight excluding hydrogens is 250 g/mol. The van der Waals surface area contributed by atoms with E-state index >= 15 is 0 Å². The molecule has 1 aromatic heterocycles. The van der Waals surface area contributed by atoms with Crippen molar-refractivity contribution in [2.24, 2.45) is 0 Å². The lowest BCUT2D eigenvalue weighted by molar-refractivity contribution is 0.0939. The fourth-order valence-corrected chi connectivity index (χ4v) is 2.69. The molecule has 102 valence electrons. The number of aryl methyl sites for hydroxylation is 1. The second-order valence-electron chi connectivity index (χ2n) is 5.26. The van der Waals surface area contributed by atoms with Gasteiger partial charge in [0.05, 0.1) is 5.56 Å². The average molecular weight is 267 g/mol. The molecule has 0 atom stereocenters. The molecule has 1 aliphatic carbocycles. The van der Waals surface area contributed by atoms with Gasteiger partial charge in [0.25, 0.3) is 5.91 Å². The van der Waals surface area contributed by atoms with Crippen LogP contribution in [-0.4, -0.2) is 16.9 Å².